The van der Waals surface area contributed by atoms with Crippen LogP contribution in [-0.2, 0) is 19.1 Å². The molecule has 5 nitrogen and oxygen atoms in total. The van der Waals surface area contributed by atoms with E-state index in [0.29, 0.717) is 10.7 Å². The number of rotatable bonds is 6. The fourth-order valence-corrected chi connectivity index (χ4v) is 1.97. The largest absolute Gasteiger partial charge is 0.463 e. The normalized spacial score (nSPS) is 12.5. The number of carbonyl (C=O) groups excluding carboxylic acids is 2. The Kier molecular flexibility index (Phi) is 7.81. The summed E-state index contributed by atoms with van der Waals surface area (Å²) in [6.07, 6.45) is 0.0381. The summed E-state index contributed by atoms with van der Waals surface area (Å²) in [4.78, 5) is 27.3. The quantitative estimate of drug-likeness (QED) is 0.386. The van der Waals surface area contributed by atoms with Crippen LogP contribution in [0.25, 0.3) is 0 Å². The van der Waals surface area contributed by atoms with E-state index in [2.05, 4.69) is 27.6 Å². The van der Waals surface area contributed by atoms with Gasteiger partial charge in [0.1, 0.15) is 6.21 Å². The molecule has 120 valence electrons. The van der Waals surface area contributed by atoms with E-state index >= 15 is 0 Å². The van der Waals surface area contributed by atoms with Crippen molar-refractivity contribution >= 4 is 58.0 Å². The second-order valence-electron chi connectivity index (χ2n) is 4.96. The number of carbonyl (C=O) groups is 2. The van der Waals surface area contributed by atoms with E-state index in [4.69, 9.17) is 21.1 Å². The van der Waals surface area contributed by atoms with Gasteiger partial charge in [0.15, 0.2) is 6.10 Å². The summed E-state index contributed by atoms with van der Waals surface area (Å²) in [7, 11) is 0. The minimum atomic E-state index is -0.976. The van der Waals surface area contributed by atoms with Crippen molar-refractivity contribution < 1.29 is 19.1 Å². The number of esters is 2. The molecule has 0 spiro atoms. The zero-order chi connectivity index (χ0) is 16.7. The number of hydrogen-bond donors (Lipinski definition) is 0. The van der Waals surface area contributed by atoms with Gasteiger partial charge >= 0.3 is 11.9 Å². The lowest BCUT2D eigenvalue weighted by Crippen LogP contribution is -2.27. The molecule has 0 aromatic heterocycles. The molecule has 0 aliphatic carbocycles. The van der Waals surface area contributed by atoms with E-state index in [0.717, 1.165) is 9.78 Å². The lowest BCUT2D eigenvalue weighted by molar-refractivity contribution is -0.163. The van der Waals surface area contributed by atoms with Crippen molar-refractivity contribution in [3.8, 4) is 0 Å². The summed E-state index contributed by atoms with van der Waals surface area (Å²) in [5.41, 5.74) is 0.556. The zero-order valence-electron chi connectivity index (χ0n) is 12.5. The van der Waals surface area contributed by atoms with Crippen molar-refractivity contribution in [2.75, 3.05) is 6.61 Å². The van der Waals surface area contributed by atoms with Gasteiger partial charge in [0.25, 0.3) is 0 Å². The van der Waals surface area contributed by atoms with Gasteiger partial charge in [-0.15, -0.1) is 0 Å². The summed E-state index contributed by atoms with van der Waals surface area (Å²) in [5.74, 6) is -1.07. The first-order chi connectivity index (χ1) is 10.3. The Morgan fingerprint density at radius 1 is 1.36 bits per heavy atom. The number of ether oxygens (including phenoxy) is 2. The van der Waals surface area contributed by atoms with Gasteiger partial charge in [-0.3, -0.25) is 0 Å². The molecule has 0 aliphatic heterocycles. The molecule has 1 aromatic carbocycles. The van der Waals surface area contributed by atoms with Crippen LogP contribution in [-0.4, -0.2) is 30.9 Å². The first kappa shape index (κ1) is 18.9. The van der Waals surface area contributed by atoms with Crippen LogP contribution >= 0.6 is 34.2 Å². The summed E-state index contributed by atoms with van der Waals surface area (Å²) < 4.78 is 10.8. The maximum Gasteiger partial charge on any atom is 0.350 e. The Morgan fingerprint density at radius 2 is 2.05 bits per heavy atom. The summed E-state index contributed by atoms with van der Waals surface area (Å²) >= 11 is 7.94. The standard InChI is InChI=1S/C15H17ClINO4/c1-9(2)8-21-15(20)10(3)22-14(19)7-18-13-6-11(16)4-5-12(13)17/h4-7,9-10H,8H2,1-3H3/t10-/m1/s1. The second kappa shape index (κ2) is 9.09. The van der Waals surface area contributed by atoms with Crippen LogP contribution < -0.4 is 0 Å². The van der Waals surface area contributed by atoms with Crippen molar-refractivity contribution in [3.05, 3.63) is 26.8 Å². The first-order valence-corrected chi connectivity index (χ1v) is 8.11. The molecular formula is C15H17ClINO4. The van der Waals surface area contributed by atoms with Crippen LogP contribution in [0.5, 0.6) is 0 Å². The van der Waals surface area contributed by atoms with Crippen LogP contribution in [0, 0.1) is 9.49 Å². The lowest BCUT2D eigenvalue weighted by Gasteiger charge is -2.12. The van der Waals surface area contributed by atoms with Crippen molar-refractivity contribution in [1.29, 1.82) is 0 Å². The Labute approximate surface area is 148 Å². The predicted octanol–water partition coefficient (Wildman–Crippen LogP) is 3.78. The predicted molar refractivity (Wildman–Crippen MR) is 93.7 cm³/mol. The smallest absolute Gasteiger partial charge is 0.350 e. The van der Waals surface area contributed by atoms with Gasteiger partial charge in [-0.05, 0) is 53.6 Å². The molecule has 0 N–H and O–H groups in total. The Morgan fingerprint density at radius 3 is 2.68 bits per heavy atom. The van der Waals surface area contributed by atoms with Gasteiger partial charge in [0, 0.05) is 8.59 Å². The van der Waals surface area contributed by atoms with Crippen molar-refractivity contribution in [2.45, 2.75) is 26.9 Å². The molecule has 22 heavy (non-hydrogen) atoms. The molecule has 0 saturated carbocycles. The topological polar surface area (TPSA) is 65.0 Å². The van der Waals surface area contributed by atoms with Gasteiger partial charge in [-0.25, -0.2) is 14.6 Å². The highest BCUT2D eigenvalue weighted by Gasteiger charge is 2.18. The van der Waals surface area contributed by atoms with Gasteiger partial charge < -0.3 is 9.47 Å². The molecule has 0 bridgehead atoms. The fraction of sp³-hybridized carbons (Fsp3) is 0.400. The van der Waals surface area contributed by atoms with E-state index in [-0.39, 0.29) is 12.5 Å². The number of benzene rings is 1. The molecule has 0 fully saturated rings. The van der Waals surface area contributed by atoms with Crippen molar-refractivity contribution in [1.82, 2.24) is 0 Å². The van der Waals surface area contributed by atoms with E-state index in [1.807, 2.05) is 13.8 Å². The second-order valence-corrected chi connectivity index (χ2v) is 6.56. The molecule has 0 saturated heterocycles. The molecule has 1 atom stereocenters. The Bertz CT molecular complexity index is 575. The summed E-state index contributed by atoms with van der Waals surface area (Å²) in [5, 5.41) is 0.520. The molecule has 1 rings (SSSR count). The average molecular weight is 438 g/mol. The first-order valence-electron chi connectivity index (χ1n) is 6.66. The number of nitrogens with zero attached hydrogens (tertiary/aromatic N) is 1. The van der Waals surface area contributed by atoms with Crippen LogP contribution in [0.15, 0.2) is 23.2 Å². The maximum atomic E-state index is 11.7. The molecule has 0 aliphatic rings. The van der Waals surface area contributed by atoms with Crippen LogP contribution in [0.2, 0.25) is 5.02 Å². The van der Waals surface area contributed by atoms with E-state index in [1.165, 1.54) is 6.92 Å². The third kappa shape index (κ3) is 6.74. The summed E-state index contributed by atoms with van der Waals surface area (Å²) in [6, 6.07) is 5.15. The number of halogens is 2. The highest BCUT2D eigenvalue weighted by molar-refractivity contribution is 14.1. The molecule has 0 radical (unpaired) electrons. The lowest BCUT2D eigenvalue weighted by atomic mass is 10.2. The maximum absolute atomic E-state index is 11.7. The number of hydrogen-bond acceptors (Lipinski definition) is 5. The average Bonchev–Trinajstić information content (AvgIpc) is 2.45. The van der Waals surface area contributed by atoms with Gasteiger partial charge in [0.2, 0.25) is 0 Å². The van der Waals surface area contributed by atoms with Crippen molar-refractivity contribution in [2.24, 2.45) is 10.9 Å². The van der Waals surface area contributed by atoms with Crippen LogP contribution in [0.3, 0.4) is 0 Å². The van der Waals surface area contributed by atoms with Crippen molar-refractivity contribution in [3.63, 3.8) is 0 Å². The number of aliphatic imine (C=N–C) groups is 1. The molecule has 0 amide bonds. The van der Waals surface area contributed by atoms with Gasteiger partial charge in [-0.1, -0.05) is 25.4 Å². The Hall–Kier alpha value is -1.15. The van der Waals surface area contributed by atoms with E-state index < -0.39 is 18.0 Å². The van der Waals surface area contributed by atoms with E-state index in [1.54, 1.807) is 18.2 Å². The third-order valence-electron chi connectivity index (χ3n) is 2.40. The fourth-order valence-electron chi connectivity index (χ4n) is 1.33. The highest BCUT2D eigenvalue weighted by atomic mass is 127. The third-order valence-corrected chi connectivity index (χ3v) is 3.55. The minimum absolute atomic E-state index is 0.221. The minimum Gasteiger partial charge on any atom is -0.463 e. The monoisotopic (exact) mass is 437 g/mol. The van der Waals surface area contributed by atoms with Crippen LogP contribution in [0.1, 0.15) is 20.8 Å². The molecule has 0 heterocycles. The van der Waals surface area contributed by atoms with Gasteiger partial charge in [0.05, 0.1) is 12.3 Å². The van der Waals surface area contributed by atoms with E-state index in [9.17, 15) is 9.59 Å². The van der Waals surface area contributed by atoms with Gasteiger partial charge in [-0.2, -0.15) is 0 Å². The highest BCUT2D eigenvalue weighted by Crippen LogP contribution is 2.24. The van der Waals surface area contributed by atoms with Crippen LogP contribution in [0.4, 0.5) is 5.69 Å². The molecule has 1 aromatic rings. The molecular weight excluding hydrogens is 421 g/mol. The zero-order valence-corrected chi connectivity index (χ0v) is 15.4. The Balaban J connectivity index is 2.56. The summed E-state index contributed by atoms with van der Waals surface area (Å²) in [6.45, 7) is 5.58. The molecule has 0 unspecified atom stereocenters. The SMILES string of the molecule is CC(C)COC(=O)[C@@H](C)OC(=O)C=Nc1cc(Cl)ccc1I. The molecule has 7 heteroatoms.